The zero-order valence-corrected chi connectivity index (χ0v) is 13.3. The van der Waals surface area contributed by atoms with Gasteiger partial charge in [0.2, 0.25) is 0 Å². The number of aromatic nitrogens is 3. The molecule has 0 bridgehead atoms. The standard InChI is InChI=1S/C10H9ClN4O.2C2H6/c1-16-13-7-8-4-6-15(14-8)10-9(11)3-2-5-12-10;2*1-2/h2-7H,1H3;2*1-2H3/b13-7+;;. The molecule has 5 nitrogen and oxygen atoms in total. The van der Waals surface area contributed by atoms with Gasteiger partial charge in [0, 0.05) is 12.4 Å². The van der Waals surface area contributed by atoms with Crippen LogP contribution in [0.5, 0.6) is 0 Å². The summed E-state index contributed by atoms with van der Waals surface area (Å²) in [6.07, 6.45) is 4.92. The van der Waals surface area contributed by atoms with Crippen LogP contribution in [-0.4, -0.2) is 28.1 Å². The first-order valence-electron chi connectivity index (χ1n) is 6.54. The van der Waals surface area contributed by atoms with Gasteiger partial charge in [-0.1, -0.05) is 44.5 Å². The molecule has 6 heteroatoms. The van der Waals surface area contributed by atoms with Crippen LogP contribution in [-0.2, 0) is 4.84 Å². The van der Waals surface area contributed by atoms with Crippen molar-refractivity contribution >= 4 is 17.8 Å². The molecule has 2 aromatic rings. The normalized spacial score (nSPS) is 9.30. The van der Waals surface area contributed by atoms with E-state index < -0.39 is 0 Å². The first-order chi connectivity index (χ1) is 9.81. The summed E-state index contributed by atoms with van der Waals surface area (Å²) in [7, 11) is 1.48. The van der Waals surface area contributed by atoms with Gasteiger partial charge in [0.25, 0.3) is 0 Å². The molecule has 2 aromatic heterocycles. The Morgan fingerprint density at radius 1 is 1.25 bits per heavy atom. The van der Waals surface area contributed by atoms with Crippen LogP contribution in [0.2, 0.25) is 5.02 Å². The molecule has 0 radical (unpaired) electrons. The van der Waals surface area contributed by atoms with Crippen LogP contribution in [0.1, 0.15) is 33.4 Å². The lowest BCUT2D eigenvalue weighted by atomic mass is 10.4. The summed E-state index contributed by atoms with van der Waals surface area (Å²) in [5, 5.41) is 8.38. The molecule has 0 aliphatic carbocycles. The minimum Gasteiger partial charge on any atom is -0.399 e. The van der Waals surface area contributed by atoms with E-state index in [9.17, 15) is 0 Å². The molecule has 0 atom stereocenters. The highest BCUT2D eigenvalue weighted by Gasteiger charge is 2.04. The van der Waals surface area contributed by atoms with Crippen molar-refractivity contribution in [3.8, 4) is 5.82 Å². The van der Waals surface area contributed by atoms with Gasteiger partial charge < -0.3 is 4.84 Å². The lowest BCUT2D eigenvalue weighted by molar-refractivity contribution is 0.215. The fourth-order valence-corrected chi connectivity index (χ4v) is 1.39. The lowest BCUT2D eigenvalue weighted by Gasteiger charge is -2.00. The van der Waals surface area contributed by atoms with Crippen LogP contribution < -0.4 is 0 Å². The molecule has 2 rings (SSSR count). The maximum atomic E-state index is 5.99. The maximum absolute atomic E-state index is 5.99. The Hall–Kier alpha value is -1.88. The first kappa shape index (κ1) is 18.1. The summed E-state index contributed by atoms with van der Waals surface area (Å²) in [6.45, 7) is 8.00. The van der Waals surface area contributed by atoms with Crippen molar-refractivity contribution in [1.82, 2.24) is 14.8 Å². The summed E-state index contributed by atoms with van der Waals surface area (Å²) in [5.41, 5.74) is 0.670. The molecule has 2 heterocycles. The molecule has 110 valence electrons. The molecule has 0 saturated carbocycles. The van der Waals surface area contributed by atoms with Gasteiger partial charge in [-0.25, -0.2) is 9.67 Å². The average molecular weight is 297 g/mol. The number of hydrogen-bond acceptors (Lipinski definition) is 4. The molecular formula is C14H21ClN4O. The highest BCUT2D eigenvalue weighted by molar-refractivity contribution is 6.32. The minimum absolute atomic E-state index is 0.542. The van der Waals surface area contributed by atoms with Crippen LogP contribution in [0.15, 0.2) is 35.7 Å². The van der Waals surface area contributed by atoms with E-state index in [0.29, 0.717) is 16.5 Å². The van der Waals surface area contributed by atoms with Gasteiger partial charge in [0.15, 0.2) is 5.82 Å². The maximum Gasteiger partial charge on any atom is 0.172 e. The average Bonchev–Trinajstić information content (AvgIpc) is 2.98. The Kier molecular flexibility index (Phi) is 9.96. The molecule has 0 saturated heterocycles. The third kappa shape index (κ3) is 5.40. The van der Waals surface area contributed by atoms with E-state index in [1.165, 1.54) is 13.3 Å². The molecule has 0 unspecified atom stereocenters. The molecule has 0 amide bonds. The van der Waals surface area contributed by atoms with Crippen molar-refractivity contribution in [1.29, 1.82) is 0 Å². The Labute approximate surface area is 125 Å². The van der Waals surface area contributed by atoms with Crippen LogP contribution in [0, 0.1) is 0 Å². The molecule has 0 aliphatic rings. The number of rotatable bonds is 3. The number of halogens is 1. The molecule has 0 aromatic carbocycles. The van der Waals surface area contributed by atoms with Crippen LogP contribution >= 0.6 is 11.6 Å². The number of hydrogen-bond donors (Lipinski definition) is 0. The minimum atomic E-state index is 0.542. The Morgan fingerprint density at radius 2 is 1.95 bits per heavy atom. The molecular weight excluding hydrogens is 276 g/mol. The predicted octanol–water partition coefficient (Wildman–Crippen LogP) is 3.95. The number of nitrogens with zero attached hydrogens (tertiary/aromatic N) is 4. The molecule has 0 spiro atoms. The Balaban J connectivity index is 0.000000829. The van der Waals surface area contributed by atoms with Gasteiger partial charge in [0.05, 0.1) is 11.2 Å². The van der Waals surface area contributed by atoms with Crippen LogP contribution in [0.3, 0.4) is 0 Å². The highest BCUT2D eigenvalue weighted by atomic mass is 35.5. The van der Waals surface area contributed by atoms with Crippen molar-refractivity contribution in [3.63, 3.8) is 0 Å². The van der Waals surface area contributed by atoms with E-state index >= 15 is 0 Å². The molecule has 0 fully saturated rings. The van der Waals surface area contributed by atoms with Crippen LogP contribution in [0.25, 0.3) is 5.82 Å². The van der Waals surface area contributed by atoms with Gasteiger partial charge in [-0.2, -0.15) is 5.10 Å². The fraction of sp³-hybridized carbons (Fsp3) is 0.357. The van der Waals surface area contributed by atoms with Crippen molar-refractivity contribution < 1.29 is 4.84 Å². The predicted molar refractivity (Wildman–Crippen MR) is 83.7 cm³/mol. The third-order valence-corrected chi connectivity index (χ3v) is 2.15. The first-order valence-corrected chi connectivity index (χ1v) is 6.92. The quantitative estimate of drug-likeness (QED) is 0.636. The smallest absolute Gasteiger partial charge is 0.172 e. The van der Waals surface area contributed by atoms with Gasteiger partial charge >= 0.3 is 0 Å². The second-order valence-electron chi connectivity index (χ2n) is 2.91. The van der Waals surface area contributed by atoms with Gasteiger partial charge in [-0.05, 0) is 18.2 Å². The van der Waals surface area contributed by atoms with Gasteiger partial charge in [-0.15, -0.1) is 0 Å². The molecule has 0 aliphatic heterocycles. The summed E-state index contributed by atoms with van der Waals surface area (Å²) < 4.78 is 1.58. The molecule has 0 N–H and O–H groups in total. The van der Waals surface area contributed by atoms with Crippen LogP contribution in [0.4, 0.5) is 0 Å². The summed E-state index contributed by atoms with van der Waals surface area (Å²) in [4.78, 5) is 8.70. The summed E-state index contributed by atoms with van der Waals surface area (Å²) in [6, 6.07) is 5.31. The zero-order chi connectivity index (χ0) is 15.4. The fourth-order valence-electron chi connectivity index (χ4n) is 1.18. The van der Waals surface area contributed by atoms with E-state index in [-0.39, 0.29) is 0 Å². The van der Waals surface area contributed by atoms with Crippen molar-refractivity contribution in [2.45, 2.75) is 27.7 Å². The van der Waals surface area contributed by atoms with Crippen molar-refractivity contribution in [2.75, 3.05) is 7.11 Å². The Morgan fingerprint density at radius 3 is 2.55 bits per heavy atom. The summed E-state index contributed by atoms with van der Waals surface area (Å²) in [5.74, 6) is 0.584. The van der Waals surface area contributed by atoms with E-state index in [2.05, 4.69) is 20.1 Å². The SMILES string of the molecule is CC.CC.CO/N=C/c1ccn(-c2ncccc2Cl)n1. The zero-order valence-electron chi connectivity index (χ0n) is 12.5. The van der Waals surface area contributed by atoms with Crippen molar-refractivity contribution in [3.05, 3.63) is 41.3 Å². The molecule has 20 heavy (non-hydrogen) atoms. The van der Waals surface area contributed by atoms with E-state index in [0.717, 1.165) is 0 Å². The second kappa shape index (κ2) is 11.0. The van der Waals surface area contributed by atoms with Gasteiger partial charge in [-0.3, -0.25) is 0 Å². The monoisotopic (exact) mass is 296 g/mol. The number of pyridine rings is 1. The van der Waals surface area contributed by atoms with Gasteiger partial charge in [0.1, 0.15) is 12.8 Å². The van der Waals surface area contributed by atoms with Crippen molar-refractivity contribution in [2.24, 2.45) is 5.16 Å². The second-order valence-corrected chi connectivity index (χ2v) is 3.32. The highest BCUT2D eigenvalue weighted by Crippen LogP contribution is 2.15. The van der Waals surface area contributed by atoms with E-state index in [1.54, 1.807) is 35.3 Å². The van der Waals surface area contributed by atoms with E-state index in [1.807, 2.05) is 27.7 Å². The third-order valence-electron chi connectivity index (χ3n) is 1.86. The lowest BCUT2D eigenvalue weighted by Crippen LogP contribution is -1.99. The summed E-state index contributed by atoms with van der Waals surface area (Å²) >= 11 is 5.99. The number of oxime groups is 1. The Bertz CT molecular complexity index is 511. The van der Waals surface area contributed by atoms with E-state index in [4.69, 9.17) is 11.6 Å². The topological polar surface area (TPSA) is 52.3 Å². The largest absolute Gasteiger partial charge is 0.399 e.